The first-order valence-corrected chi connectivity index (χ1v) is 9.72. The summed E-state index contributed by atoms with van der Waals surface area (Å²) < 4.78 is 45.9. The molecular formula is C19H17FN2O5S. The van der Waals surface area contributed by atoms with Gasteiger partial charge < -0.3 is 14.8 Å². The Labute approximate surface area is 160 Å². The normalized spacial score (nSPS) is 12.4. The molecule has 0 spiro atoms. The van der Waals surface area contributed by atoms with Gasteiger partial charge in [0.2, 0.25) is 0 Å². The minimum absolute atomic E-state index is 0.0723. The molecule has 0 radical (unpaired) electrons. The quantitative estimate of drug-likeness (QED) is 0.561. The van der Waals surface area contributed by atoms with E-state index >= 15 is 0 Å². The van der Waals surface area contributed by atoms with Crippen LogP contribution in [-0.2, 0) is 10.0 Å². The van der Waals surface area contributed by atoms with Crippen molar-refractivity contribution < 1.29 is 27.1 Å². The van der Waals surface area contributed by atoms with Gasteiger partial charge in [-0.1, -0.05) is 18.2 Å². The van der Waals surface area contributed by atoms with Gasteiger partial charge in [-0.25, -0.2) is 12.8 Å². The number of rotatable bonds is 7. The van der Waals surface area contributed by atoms with Gasteiger partial charge in [0, 0.05) is 5.56 Å². The molecule has 2 aromatic carbocycles. The van der Waals surface area contributed by atoms with Crippen molar-refractivity contribution in [2.75, 3.05) is 11.3 Å². The number of aliphatic hydroxyl groups is 1. The number of benzene rings is 2. The Bertz CT molecular complexity index is 1070. The van der Waals surface area contributed by atoms with E-state index in [2.05, 4.69) is 10.0 Å². The molecule has 1 unspecified atom stereocenters. The van der Waals surface area contributed by atoms with Gasteiger partial charge >= 0.3 is 0 Å². The van der Waals surface area contributed by atoms with Gasteiger partial charge in [-0.2, -0.15) is 0 Å². The molecule has 1 heterocycles. The average Bonchev–Trinajstić information content (AvgIpc) is 3.22. The fourth-order valence-corrected chi connectivity index (χ4v) is 3.54. The van der Waals surface area contributed by atoms with Crippen molar-refractivity contribution in [2.45, 2.75) is 11.0 Å². The van der Waals surface area contributed by atoms with Gasteiger partial charge in [0.25, 0.3) is 15.9 Å². The molecule has 3 rings (SSSR count). The number of halogens is 1. The van der Waals surface area contributed by atoms with E-state index in [0.29, 0.717) is 5.76 Å². The lowest BCUT2D eigenvalue weighted by atomic mass is 10.2. The third-order valence-electron chi connectivity index (χ3n) is 3.85. The zero-order valence-electron chi connectivity index (χ0n) is 14.5. The van der Waals surface area contributed by atoms with Gasteiger partial charge in [0.05, 0.1) is 23.4 Å². The summed E-state index contributed by atoms with van der Waals surface area (Å²) in [6, 6.07) is 13.8. The molecule has 146 valence electrons. The van der Waals surface area contributed by atoms with Crippen LogP contribution < -0.4 is 10.0 Å². The first-order valence-electron chi connectivity index (χ1n) is 8.24. The van der Waals surface area contributed by atoms with Crippen LogP contribution in [0.3, 0.4) is 0 Å². The molecule has 7 nitrogen and oxygen atoms in total. The molecule has 3 N–H and O–H groups in total. The maximum absolute atomic E-state index is 13.7. The molecule has 1 amide bonds. The monoisotopic (exact) mass is 404 g/mol. The zero-order chi connectivity index (χ0) is 20.1. The summed E-state index contributed by atoms with van der Waals surface area (Å²) in [5, 5.41) is 12.4. The van der Waals surface area contributed by atoms with Crippen LogP contribution in [0.4, 0.5) is 10.1 Å². The lowest BCUT2D eigenvalue weighted by Gasteiger charge is -2.11. The smallest absolute Gasteiger partial charge is 0.262 e. The van der Waals surface area contributed by atoms with Crippen molar-refractivity contribution in [2.24, 2.45) is 0 Å². The Hall–Kier alpha value is -3.17. The number of carbonyl (C=O) groups is 1. The Balaban J connectivity index is 1.72. The van der Waals surface area contributed by atoms with E-state index in [1.54, 1.807) is 12.1 Å². The van der Waals surface area contributed by atoms with Gasteiger partial charge in [0.1, 0.15) is 17.7 Å². The number of furan rings is 1. The molecule has 0 aliphatic carbocycles. The first-order chi connectivity index (χ1) is 13.4. The summed E-state index contributed by atoms with van der Waals surface area (Å²) in [6.45, 7) is -0.114. The molecule has 9 heteroatoms. The fraction of sp³-hybridized carbons (Fsp3) is 0.105. The topological polar surface area (TPSA) is 109 Å². The lowest BCUT2D eigenvalue weighted by molar-refractivity contribution is 0.0901. The van der Waals surface area contributed by atoms with Crippen LogP contribution in [0.25, 0.3) is 0 Å². The Kier molecular flexibility index (Phi) is 5.76. The number of hydrogen-bond donors (Lipinski definition) is 3. The third-order valence-corrected chi connectivity index (χ3v) is 5.22. The molecule has 0 fully saturated rings. The Morgan fingerprint density at radius 1 is 1.11 bits per heavy atom. The second-order valence-corrected chi connectivity index (χ2v) is 7.54. The molecular weight excluding hydrogens is 387 g/mol. The van der Waals surface area contributed by atoms with Crippen molar-refractivity contribution in [1.29, 1.82) is 0 Å². The summed E-state index contributed by atoms with van der Waals surface area (Å²) in [7, 11) is -4.09. The minimum atomic E-state index is -4.09. The Morgan fingerprint density at radius 2 is 1.89 bits per heavy atom. The molecule has 0 aliphatic rings. The summed E-state index contributed by atoms with van der Waals surface area (Å²) in [6.07, 6.45) is 0.366. The standard InChI is InChI=1S/C19H17FN2O5S/c20-15-7-1-2-8-16(15)22-28(25,26)14-6-3-5-13(11-14)19(24)21-12-17(23)18-9-4-10-27-18/h1-11,17,22-23H,12H2,(H,21,24). The van der Waals surface area contributed by atoms with Gasteiger partial charge in [-0.05, 0) is 42.5 Å². The van der Waals surface area contributed by atoms with Crippen molar-refractivity contribution in [1.82, 2.24) is 5.32 Å². The number of carbonyl (C=O) groups excluding carboxylic acids is 1. The van der Waals surface area contributed by atoms with Crippen molar-refractivity contribution in [3.63, 3.8) is 0 Å². The van der Waals surface area contributed by atoms with Crippen LogP contribution in [0.1, 0.15) is 22.2 Å². The third kappa shape index (κ3) is 4.56. The highest BCUT2D eigenvalue weighted by molar-refractivity contribution is 7.92. The van der Waals surface area contributed by atoms with Crippen molar-refractivity contribution in [3.8, 4) is 0 Å². The molecule has 1 atom stereocenters. The van der Waals surface area contributed by atoms with E-state index < -0.39 is 27.9 Å². The molecule has 0 bridgehead atoms. The van der Waals surface area contributed by atoms with Crippen LogP contribution in [0.15, 0.2) is 76.2 Å². The number of para-hydroxylation sites is 1. The molecule has 1 aromatic heterocycles. The number of hydrogen-bond acceptors (Lipinski definition) is 5. The zero-order valence-corrected chi connectivity index (χ0v) is 15.3. The van der Waals surface area contributed by atoms with Crippen LogP contribution >= 0.6 is 0 Å². The maximum atomic E-state index is 13.7. The van der Waals surface area contributed by atoms with Crippen molar-refractivity contribution >= 4 is 21.6 Å². The van der Waals surface area contributed by atoms with Crippen LogP contribution in [0.2, 0.25) is 0 Å². The Morgan fingerprint density at radius 3 is 2.61 bits per heavy atom. The van der Waals surface area contributed by atoms with Gasteiger partial charge in [0.15, 0.2) is 0 Å². The lowest BCUT2D eigenvalue weighted by Crippen LogP contribution is -2.28. The summed E-state index contributed by atoms with van der Waals surface area (Å²) in [5.74, 6) is -0.994. The van der Waals surface area contributed by atoms with E-state index in [-0.39, 0.29) is 22.7 Å². The maximum Gasteiger partial charge on any atom is 0.262 e. The highest BCUT2D eigenvalue weighted by atomic mass is 32.2. The molecule has 3 aromatic rings. The first kappa shape index (κ1) is 19.6. The summed E-state index contributed by atoms with van der Waals surface area (Å²) >= 11 is 0. The SMILES string of the molecule is O=C(NCC(O)c1ccco1)c1cccc(S(=O)(=O)Nc2ccccc2F)c1. The van der Waals surface area contributed by atoms with Gasteiger partial charge in [-0.3, -0.25) is 9.52 Å². The summed E-state index contributed by atoms with van der Waals surface area (Å²) in [4.78, 5) is 12.1. The van der Waals surface area contributed by atoms with Gasteiger partial charge in [-0.15, -0.1) is 0 Å². The highest BCUT2D eigenvalue weighted by Gasteiger charge is 2.19. The molecule has 0 saturated heterocycles. The van der Waals surface area contributed by atoms with E-state index in [0.717, 1.165) is 12.1 Å². The second-order valence-electron chi connectivity index (χ2n) is 5.85. The predicted molar refractivity (Wildman–Crippen MR) is 99.7 cm³/mol. The van der Waals surface area contributed by atoms with E-state index in [1.807, 2.05) is 0 Å². The van der Waals surface area contributed by atoms with Crippen LogP contribution in [0.5, 0.6) is 0 Å². The predicted octanol–water partition coefficient (Wildman–Crippen LogP) is 2.68. The molecule has 0 saturated carbocycles. The average molecular weight is 404 g/mol. The highest BCUT2D eigenvalue weighted by Crippen LogP contribution is 2.20. The molecule has 0 aliphatic heterocycles. The summed E-state index contributed by atoms with van der Waals surface area (Å²) in [5.41, 5.74) is -0.123. The number of nitrogens with one attached hydrogen (secondary N) is 2. The van der Waals surface area contributed by atoms with Crippen LogP contribution in [-0.4, -0.2) is 26.0 Å². The van der Waals surface area contributed by atoms with Crippen molar-refractivity contribution in [3.05, 3.63) is 84.1 Å². The second kappa shape index (κ2) is 8.24. The van der Waals surface area contributed by atoms with Crippen LogP contribution in [0, 0.1) is 5.82 Å². The number of anilines is 1. The number of sulfonamides is 1. The van der Waals surface area contributed by atoms with E-state index in [1.165, 1.54) is 42.7 Å². The molecule has 28 heavy (non-hydrogen) atoms. The fourth-order valence-electron chi connectivity index (χ4n) is 2.43. The minimum Gasteiger partial charge on any atom is -0.467 e. The van der Waals surface area contributed by atoms with E-state index in [9.17, 15) is 22.7 Å². The van der Waals surface area contributed by atoms with E-state index in [4.69, 9.17) is 4.42 Å². The number of aliphatic hydroxyl groups excluding tert-OH is 1. The number of amides is 1. The largest absolute Gasteiger partial charge is 0.467 e.